The van der Waals surface area contributed by atoms with Gasteiger partial charge in [-0.25, -0.2) is 0 Å². The van der Waals surface area contributed by atoms with Crippen LogP contribution in [-0.4, -0.2) is 20.6 Å². The van der Waals surface area contributed by atoms with E-state index in [1.807, 2.05) is 0 Å². The Morgan fingerprint density at radius 3 is 2.35 bits per heavy atom. The van der Waals surface area contributed by atoms with Gasteiger partial charge in [-0.2, -0.15) is 0 Å². The number of nitrogens with zero attached hydrogens (tertiary/aromatic N) is 1. The topological polar surface area (TPSA) is 29.3 Å². The highest BCUT2D eigenvalue weighted by Gasteiger charge is 2.28. The molecule has 2 rings (SSSR count). The van der Waals surface area contributed by atoms with Gasteiger partial charge in [-0.05, 0) is 54.8 Å². The molecule has 0 saturated heterocycles. The van der Waals surface area contributed by atoms with Gasteiger partial charge in [0.25, 0.3) is 0 Å². The quantitative estimate of drug-likeness (QED) is 0.841. The fraction of sp³-hybridized carbons (Fsp3) is 0.667. The zero-order valence-electron chi connectivity index (χ0n) is 13.3. The van der Waals surface area contributed by atoms with Gasteiger partial charge in [0.15, 0.2) is 0 Å². The lowest BCUT2D eigenvalue weighted by atomic mass is 9.75. The monoisotopic (exact) mass is 274 g/mol. The van der Waals surface area contributed by atoms with Crippen molar-refractivity contribution < 1.29 is 0 Å². The maximum atomic E-state index is 5.95. The predicted octanol–water partition coefficient (Wildman–Crippen LogP) is 4.01. The smallest absolute Gasteiger partial charge is 0.0361 e. The van der Waals surface area contributed by atoms with Crippen LogP contribution in [0.5, 0.6) is 0 Å². The lowest BCUT2D eigenvalue weighted by molar-refractivity contribution is 0.288. The Hall–Kier alpha value is -1.02. The Kier molecular flexibility index (Phi) is 5.47. The van der Waals surface area contributed by atoms with E-state index in [4.69, 9.17) is 5.73 Å². The summed E-state index contributed by atoms with van der Waals surface area (Å²) in [7, 11) is 4.19. The molecule has 20 heavy (non-hydrogen) atoms. The Morgan fingerprint density at radius 2 is 1.75 bits per heavy atom. The molecule has 3 unspecified atom stereocenters. The minimum absolute atomic E-state index is 0.631. The van der Waals surface area contributed by atoms with Gasteiger partial charge in [0, 0.05) is 19.8 Å². The number of hydrogen-bond acceptors (Lipinski definition) is 2. The summed E-state index contributed by atoms with van der Waals surface area (Å²) in [6, 6.07) is 9.18. The minimum atomic E-state index is 0.631. The van der Waals surface area contributed by atoms with Crippen molar-refractivity contribution in [3.05, 3.63) is 29.8 Å². The summed E-state index contributed by atoms with van der Waals surface area (Å²) in [4.78, 5) is 2.16. The van der Waals surface area contributed by atoms with Crippen LogP contribution in [0.3, 0.4) is 0 Å². The molecular weight excluding hydrogens is 244 g/mol. The molecule has 0 heterocycles. The molecule has 3 atom stereocenters. The number of anilines is 1. The van der Waals surface area contributed by atoms with E-state index in [1.165, 1.54) is 43.4 Å². The first-order valence-electron chi connectivity index (χ1n) is 8.11. The largest absolute Gasteiger partial charge is 0.378 e. The molecule has 0 aliphatic heterocycles. The second kappa shape index (κ2) is 7.12. The molecular formula is C18H30N2. The van der Waals surface area contributed by atoms with Gasteiger partial charge < -0.3 is 10.6 Å². The fourth-order valence-electron chi connectivity index (χ4n) is 3.63. The molecule has 0 bridgehead atoms. The van der Waals surface area contributed by atoms with E-state index in [0.29, 0.717) is 11.8 Å². The van der Waals surface area contributed by atoms with Gasteiger partial charge in [0.05, 0.1) is 0 Å². The standard InChI is InChI=1S/C18H30N2/c1-14(13-19)17-7-5-4-6-8-18(17)15-9-11-16(12-10-15)20(2)3/h9-12,14,17-18H,4-8,13,19H2,1-3H3. The second-order valence-electron chi connectivity index (χ2n) is 6.61. The number of rotatable bonds is 4. The third-order valence-corrected chi connectivity index (χ3v) is 5.01. The summed E-state index contributed by atoms with van der Waals surface area (Å²) in [6.07, 6.45) is 6.81. The van der Waals surface area contributed by atoms with Gasteiger partial charge in [0.2, 0.25) is 0 Å². The SMILES string of the molecule is CC(CN)C1CCCCCC1c1ccc(N(C)C)cc1. The van der Waals surface area contributed by atoms with Gasteiger partial charge >= 0.3 is 0 Å². The summed E-state index contributed by atoms with van der Waals surface area (Å²) in [5, 5.41) is 0. The van der Waals surface area contributed by atoms with Crippen molar-refractivity contribution >= 4 is 5.69 Å². The molecule has 112 valence electrons. The molecule has 1 aliphatic rings. The molecule has 2 nitrogen and oxygen atoms in total. The Balaban J connectivity index is 2.21. The highest BCUT2D eigenvalue weighted by Crippen LogP contribution is 2.40. The molecule has 2 heteroatoms. The van der Waals surface area contributed by atoms with E-state index in [1.54, 1.807) is 0 Å². The van der Waals surface area contributed by atoms with Crippen LogP contribution in [0.15, 0.2) is 24.3 Å². The van der Waals surface area contributed by atoms with Crippen LogP contribution in [0.2, 0.25) is 0 Å². The van der Waals surface area contributed by atoms with Crippen molar-refractivity contribution in [1.29, 1.82) is 0 Å². The van der Waals surface area contributed by atoms with E-state index < -0.39 is 0 Å². The second-order valence-corrected chi connectivity index (χ2v) is 6.61. The maximum Gasteiger partial charge on any atom is 0.0361 e. The van der Waals surface area contributed by atoms with Gasteiger partial charge in [-0.3, -0.25) is 0 Å². The van der Waals surface area contributed by atoms with Gasteiger partial charge in [-0.1, -0.05) is 38.3 Å². The summed E-state index contributed by atoms with van der Waals surface area (Å²) >= 11 is 0. The molecule has 0 radical (unpaired) electrons. The van der Waals surface area contributed by atoms with Gasteiger partial charge in [0.1, 0.15) is 0 Å². The summed E-state index contributed by atoms with van der Waals surface area (Å²) in [5.74, 6) is 2.09. The molecule has 0 amide bonds. The molecule has 1 fully saturated rings. The third kappa shape index (κ3) is 3.54. The molecule has 0 spiro atoms. The van der Waals surface area contributed by atoms with Crippen LogP contribution in [0, 0.1) is 11.8 Å². The predicted molar refractivity (Wildman–Crippen MR) is 88.3 cm³/mol. The van der Waals surface area contributed by atoms with E-state index in [2.05, 4.69) is 50.2 Å². The fourth-order valence-corrected chi connectivity index (χ4v) is 3.63. The number of nitrogens with two attached hydrogens (primary N) is 1. The van der Waals surface area contributed by atoms with E-state index in [-0.39, 0.29) is 0 Å². The molecule has 1 aromatic carbocycles. The normalized spacial score (nSPS) is 25.0. The van der Waals surface area contributed by atoms with E-state index in [0.717, 1.165) is 12.5 Å². The Bertz CT molecular complexity index is 396. The summed E-state index contributed by atoms with van der Waals surface area (Å²) in [5.41, 5.74) is 8.75. The maximum absolute atomic E-state index is 5.95. The highest BCUT2D eigenvalue weighted by molar-refractivity contribution is 5.46. The van der Waals surface area contributed by atoms with Crippen molar-refractivity contribution in [2.75, 3.05) is 25.5 Å². The van der Waals surface area contributed by atoms with E-state index in [9.17, 15) is 0 Å². The average molecular weight is 274 g/mol. The van der Waals surface area contributed by atoms with E-state index >= 15 is 0 Å². The average Bonchev–Trinajstić information content (AvgIpc) is 2.72. The van der Waals surface area contributed by atoms with Crippen molar-refractivity contribution in [3.63, 3.8) is 0 Å². The zero-order valence-corrected chi connectivity index (χ0v) is 13.3. The molecule has 1 saturated carbocycles. The lowest BCUT2D eigenvalue weighted by Crippen LogP contribution is -2.25. The van der Waals surface area contributed by atoms with Crippen LogP contribution in [0.4, 0.5) is 5.69 Å². The molecule has 0 aromatic heterocycles. The van der Waals surface area contributed by atoms with Gasteiger partial charge in [-0.15, -0.1) is 0 Å². The summed E-state index contributed by atoms with van der Waals surface area (Å²) < 4.78 is 0. The van der Waals surface area contributed by atoms with Crippen LogP contribution >= 0.6 is 0 Å². The van der Waals surface area contributed by atoms with Crippen molar-refractivity contribution in [3.8, 4) is 0 Å². The van der Waals surface area contributed by atoms with Crippen LogP contribution < -0.4 is 10.6 Å². The molecule has 1 aromatic rings. The van der Waals surface area contributed by atoms with Crippen LogP contribution in [0.25, 0.3) is 0 Å². The highest BCUT2D eigenvalue weighted by atomic mass is 15.1. The minimum Gasteiger partial charge on any atom is -0.378 e. The molecule has 2 N–H and O–H groups in total. The lowest BCUT2D eigenvalue weighted by Gasteiger charge is -2.30. The zero-order chi connectivity index (χ0) is 14.5. The first kappa shape index (κ1) is 15.4. The van der Waals surface area contributed by atoms with Crippen molar-refractivity contribution in [2.45, 2.75) is 44.9 Å². The Morgan fingerprint density at radius 1 is 1.10 bits per heavy atom. The summed E-state index contributed by atoms with van der Waals surface area (Å²) in [6.45, 7) is 3.15. The van der Waals surface area contributed by atoms with Crippen molar-refractivity contribution in [2.24, 2.45) is 17.6 Å². The third-order valence-electron chi connectivity index (χ3n) is 5.01. The molecule has 1 aliphatic carbocycles. The first-order chi connectivity index (χ1) is 9.63. The number of benzene rings is 1. The Labute approximate surface area is 124 Å². The first-order valence-corrected chi connectivity index (χ1v) is 8.11. The van der Waals surface area contributed by atoms with Crippen molar-refractivity contribution in [1.82, 2.24) is 0 Å². The van der Waals surface area contributed by atoms with Crippen LogP contribution in [-0.2, 0) is 0 Å². The van der Waals surface area contributed by atoms with Crippen LogP contribution in [0.1, 0.15) is 50.5 Å². The number of hydrogen-bond donors (Lipinski definition) is 1.